The first kappa shape index (κ1) is 12.8. The molecule has 0 fully saturated rings. The van der Waals surface area contributed by atoms with Crippen molar-refractivity contribution in [2.75, 3.05) is 19.5 Å². The molecule has 0 saturated heterocycles. The number of aryl methyl sites for hydroxylation is 1. The number of ether oxygens (including phenoxy) is 2. The molecule has 0 unspecified atom stereocenters. The quantitative estimate of drug-likeness (QED) is 0.472. The second-order valence-electron chi connectivity index (χ2n) is 3.23. The monoisotopic (exact) mass is 238 g/mol. The molecule has 0 heterocycles. The summed E-state index contributed by atoms with van der Waals surface area (Å²) in [6.45, 7) is 1.86. The third-order valence-corrected chi connectivity index (χ3v) is 2.15. The van der Waals surface area contributed by atoms with E-state index in [9.17, 15) is 4.79 Å². The van der Waals surface area contributed by atoms with Crippen LogP contribution in [0.3, 0.4) is 0 Å². The smallest absolute Gasteiger partial charge is 0.270 e. The molecule has 92 valence electrons. The largest absolute Gasteiger partial charge is 0.493 e. The van der Waals surface area contributed by atoms with Crippen LogP contribution in [0.4, 0.5) is 5.69 Å². The summed E-state index contributed by atoms with van der Waals surface area (Å²) >= 11 is 0. The number of oxime groups is 1. The fraction of sp³-hybridized carbons (Fsp3) is 0.273. The van der Waals surface area contributed by atoms with E-state index in [1.54, 1.807) is 12.1 Å². The van der Waals surface area contributed by atoms with Crippen LogP contribution in [0.25, 0.3) is 0 Å². The zero-order valence-electron chi connectivity index (χ0n) is 9.85. The summed E-state index contributed by atoms with van der Waals surface area (Å²) < 4.78 is 10.4. The molecule has 1 aromatic rings. The first-order chi connectivity index (χ1) is 8.13. The van der Waals surface area contributed by atoms with Crippen LogP contribution in [0.1, 0.15) is 5.56 Å². The van der Waals surface area contributed by atoms with Crippen LogP contribution >= 0.6 is 0 Å². The van der Waals surface area contributed by atoms with Gasteiger partial charge in [0.2, 0.25) is 0 Å². The Hall–Kier alpha value is -2.24. The Morgan fingerprint density at radius 1 is 1.35 bits per heavy atom. The van der Waals surface area contributed by atoms with Gasteiger partial charge in [0.25, 0.3) is 5.91 Å². The van der Waals surface area contributed by atoms with E-state index in [2.05, 4.69) is 10.5 Å². The number of benzene rings is 1. The number of hydrogen-bond donors (Lipinski definition) is 2. The second-order valence-corrected chi connectivity index (χ2v) is 3.23. The van der Waals surface area contributed by atoms with Crippen LogP contribution in [-0.4, -0.2) is 31.5 Å². The SMILES string of the molecule is COc1c(C)ccc(NC(=O)C=NO)c1OC. The molecule has 0 saturated carbocycles. The highest BCUT2D eigenvalue weighted by atomic mass is 16.5. The lowest BCUT2D eigenvalue weighted by atomic mass is 10.2. The topological polar surface area (TPSA) is 80.2 Å². The fourth-order valence-corrected chi connectivity index (χ4v) is 1.43. The number of nitrogens with zero attached hydrogens (tertiary/aromatic N) is 1. The van der Waals surface area contributed by atoms with E-state index >= 15 is 0 Å². The number of amides is 1. The predicted molar refractivity (Wildman–Crippen MR) is 63.2 cm³/mol. The molecule has 17 heavy (non-hydrogen) atoms. The maximum absolute atomic E-state index is 11.2. The molecule has 0 spiro atoms. The van der Waals surface area contributed by atoms with Crippen molar-refractivity contribution in [3.05, 3.63) is 17.7 Å². The van der Waals surface area contributed by atoms with Crippen molar-refractivity contribution in [3.63, 3.8) is 0 Å². The summed E-state index contributed by atoms with van der Waals surface area (Å²) in [6, 6.07) is 3.47. The molecular weight excluding hydrogens is 224 g/mol. The van der Waals surface area contributed by atoms with Gasteiger partial charge >= 0.3 is 0 Å². The van der Waals surface area contributed by atoms with Gasteiger partial charge in [-0.05, 0) is 18.6 Å². The van der Waals surface area contributed by atoms with E-state index in [-0.39, 0.29) is 0 Å². The zero-order chi connectivity index (χ0) is 12.8. The highest BCUT2D eigenvalue weighted by molar-refractivity contribution is 6.31. The minimum atomic E-state index is -0.559. The molecule has 6 heteroatoms. The zero-order valence-corrected chi connectivity index (χ0v) is 9.85. The Balaban J connectivity index is 3.11. The van der Waals surface area contributed by atoms with Gasteiger partial charge in [0.1, 0.15) is 6.21 Å². The number of carbonyl (C=O) groups excluding carboxylic acids is 1. The van der Waals surface area contributed by atoms with E-state index < -0.39 is 5.91 Å². The lowest BCUT2D eigenvalue weighted by molar-refractivity contribution is -0.110. The van der Waals surface area contributed by atoms with Gasteiger partial charge in [-0.25, -0.2) is 0 Å². The molecule has 1 aromatic carbocycles. The third-order valence-electron chi connectivity index (χ3n) is 2.15. The Morgan fingerprint density at radius 2 is 2.00 bits per heavy atom. The van der Waals surface area contributed by atoms with Gasteiger partial charge in [0.05, 0.1) is 19.9 Å². The average molecular weight is 238 g/mol. The van der Waals surface area contributed by atoms with Crippen molar-refractivity contribution in [2.24, 2.45) is 5.16 Å². The normalized spacial score (nSPS) is 10.3. The lowest BCUT2D eigenvalue weighted by Crippen LogP contribution is -2.13. The lowest BCUT2D eigenvalue weighted by Gasteiger charge is -2.14. The molecule has 0 aromatic heterocycles. The van der Waals surface area contributed by atoms with Crippen molar-refractivity contribution in [1.29, 1.82) is 0 Å². The van der Waals surface area contributed by atoms with Crippen LogP contribution in [0, 0.1) is 6.92 Å². The van der Waals surface area contributed by atoms with E-state index in [0.717, 1.165) is 11.8 Å². The van der Waals surface area contributed by atoms with E-state index in [0.29, 0.717) is 17.2 Å². The summed E-state index contributed by atoms with van der Waals surface area (Å²) in [5, 5.41) is 13.4. The fourth-order valence-electron chi connectivity index (χ4n) is 1.43. The van der Waals surface area contributed by atoms with Gasteiger partial charge in [-0.1, -0.05) is 11.2 Å². The van der Waals surface area contributed by atoms with Crippen LogP contribution in [0.2, 0.25) is 0 Å². The molecule has 1 rings (SSSR count). The molecule has 0 atom stereocenters. The molecule has 0 bridgehead atoms. The van der Waals surface area contributed by atoms with Crippen LogP contribution < -0.4 is 14.8 Å². The molecule has 1 amide bonds. The van der Waals surface area contributed by atoms with Crippen molar-refractivity contribution in [2.45, 2.75) is 6.92 Å². The standard InChI is InChI=1S/C11H14N2O4/c1-7-4-5-8(13-9(14)6-12-15)11(17-3)10(7)16-2/h4-6,15H,1-3H3,(H,13,14). The van der Waals surface area contributed by atoms with Crippen molar-refractivity contribution in [3.8, 4) is 11.5 Å². The Morgan fingerprint density at radius 3 is 2.53 bits per heavy atom. The molecule has 0 aliphatic heterocycles. The predicted octanol–water partition coefficient (Wildman–Crippen LogP) is 1.41. The third kappa shape index (κ3) is 2.87. The van der Waals surface area contributed by atoms with Gasteiger partial charge in [0, 0.05) is 0 Å². The summed E-state index contributed by atoms with van der Waals surface area (Å²) in [7, 11) is 3.00. The molecular formula is C11H14N2O4. The number of carbonyl (C=O) groups is 1. The minimum Gasteiger partial charge on any atom is -0.493 e. The summed E-state index contributed by atoms with van der Waals surface area (Å²) in [6.07, 6.45) is 0.756. The summed E-state index contributed by atoms with van der Waals surface area (Å²) in [4.78, 5) is 11.2. The second kappa shape index (κ2) is 5.74. The number of methoxy groups -OCH3 is 2. The van der Waals surface area contributed by atoms with Crippen molar-refractivity contribution < 1.29 is 19.5 Å². The number of nitrogens with one attached hydrogen (secondary N) is 1. The molecule has 0 aliphatic carbocycles. The summed E-state index contributed by atoms with van der Waals surface area (Å²) in [5.74, 6) is 0.412. The van der Waals surface area contributed by atoms with E-state index in [4.69, 9.17) is 14.7 Å². The number of rotatable bonds is 4. The van der Waals surface area contributed by atoms with Gasteiger partial charge in [-0.15, -0.1) is 0 Å². The highest BCUT2D eigenvalue weighted by Crippen LogP contribution is 2.37. The molecule has 6 nitrogen and oxygen atoms in total. The van der Waals surface area contributed by atoms with Gasteiger partial charge in [-0.3, -0.25) is 4.79 Å². The maximum Gasteiger partial charge on any atom is 0.270 e. The van der Waals surface area contributed by atoms with Gasteiger partial charge in [-0.2, -0.15) is 0 Å². The molecule has 2 N–H and O–H groups in total. The Labute approximate surface area is 98.8 Å². The van der Waals surface area contributed by atoms with E-state index in [1.807, 2.05) is 6.92 Å². The number of hydrogen-bond acceptors (Lipinski definition) is 5. The van der Waals surface area contributed by atoms with Crippen molar-refractivity contribution in [1.82, 2.24) is 0 Å². The van der Waals surface area contributed by atoms with Crippen LogP contribution in [0.15, 0.2) is 17.3 Å². The summed E-state index contributed by atoms with van der Waals surface area (Å²) in [5.41, 5.74) is 1.33. The first-order valence-corrected chi connectivity index (χ1v) is 4.84. The molecule has 0 aliphatic rings. The van der Waals surface area contributed by atoms with E-state index in [1.165, 1.54) is 14.2 Å². The first-order valence-electron chi connectivity index (χ1n) is 4.84. The Kier molecular flexibility index (Phi) is 4.33. The van der Waals surface area contributed by atoms with Crippen LogP contribution in [-0.2, 0) is 4.79 Å². The highest BCUT2D eigenvalue weighted by Gasteiger charge is 2.13. The average Bonchev–Trinajstić information content (AvgIpc) is 2.31. The maximum atomic E-state index is 11.2. The number of anilines is 1. The van der Waals surface area contributed by atoms with Gasteiger partial charge in [0.15, 0.2) is 11.5 Å². The minimum absolute atomic E-state index is 0.423. The Bertz CT molecular complexity index is 443. The van der Waals surface area contributed by atoms with Crippen molar-refractivity contribution >= 4 is 17.8 Å². The molecule has 0 radical (unpaired) electrons. The van der Waals surface area contributed by atoms with Crippen LogP contribution in [0.5, 0.6) is 11.5 Å². The van der Waals surface area contributed by atoms with Gasteiger partial charge < -0.3 is 20.0 Å².